The summed E-state index contributed by atoms with van der Waals surface area (Å²) in [4.78, 5) is 13.3. The van der Waals surface area contributed by atoms with E-state index in [9.17, 15) is 9.90 Å². The van der Waals surface area contributed by atoms with Gasteiger partial charge in [-0.1, -0.05) is 41.9 Å². The SMILES string of the molecule is CSc1ccc(Cl)c(C(=O)N[C@H](CO)c2ccccc2)c1. The predicted octanol–water partition coefficient (Wildman–Crippen LogP) is 3.53. The second kappa shape index (κ2) is 7.50. The maximum absolute atomic E-state index is 12.4. The Morgan fingerprint density at radius 1 is 1.29 bits per heavy atom. The lowest BCUT2D eigenvalue weighted by molar-refractivity contribution is 0.0916. The number of carbonyl (C=O) groups is 1. The standard InChI is InChI=1S/C16H16ClNO2S/c1-21-12-7-8-14(17)13(9-12)16(20)18-15(10-19)11-5-3-2-4-6-11/h2-9,15,19H,10H2,1H3,(H,18,20)/t15-/m1/s1. The van der Waals surface area contributed by atoms with Crippen molar-refractivity contribution in [3.8, 4) is 0 Å². The molecule has 21 heavy (non-hydrogen) atoms. The Bertz CT molecular complexity index is 619. The van der Waals surface area contributed by atoms with Crippen LogP contribution in [-0.4, -0.2) is 23.9 Å². The van der Waals surface area contributed by atoms with Crippen LogP contribution in [0.4, 0.5) is 0 Å². The molecule has 0 aromatic heterocycles. The van der Waals surface area contributed by atoms with Gasteiger partial charge < -0.3 is 10.4 Å². The fourth-order valence-electron chi connectivity index (χ4n) is 1.96. The van der Waals surface area contributed by atoms with Gasteiger partial charge in [0, 0.05) is 4.90 Å². The Hall–Kier alpha value is -1.49. The van der Waals surface area contributed by atoms with Gasteiger partial charge in [0.05, 0.1) is 23.2 Å². The molecule has 0 aliphatic carbocycles. The fourth-order valence-corrected chi connectivity index (χ4v) is 2.60. The lowest BCUT2D eigenvalue weighted by Crippen LogP contribution is -2.31. The van der Waals surface area contributed by atoms with E-state index in [2.05, 4.69) is 5.32 Å². The molecular formula is C16H16ClNO2S. The zero-order valence-electron chi connectivity index (χ0n) is 11.5. The van der Waals surface area contributed by atoms with Gasteiger partial charge in [-0.2, -0.15) is 0 Å². The average molecular weight is 322 g/mol. The van der Waals surface area contributed by atoms with Crippen molar-refractivity contribution in [3.05, 3.63) is 64.7 Å². The molecule has 3 nitrogen and oxygen atoms in total. The van der Waals surface area contributed by atoms with Crippen LogP contribution >= 0.6 is 23.4 Å². The Balaban J connectivity index is 2.20. The Morgan fingerprint density at radius 3 is 2.62 bits per heavy atom. The first-order valence-electron chi connectivity index (χ1n) is 6.46. The van der Waals surface area contributed by atoms with E-state index >= 15 is 0 Å². The summed E-state index contributed by atoms with van der Waals surface area (Å²) in [5.74, 6) is -0.293. The monoisotopic (exact) mass is 321 g/mol. The van der Waals surface area contributed by atoms with Crippen LogP contribution in [0.2, 0.25) is 5.02 Å². The van der Waals surface area contributed by atoms with Crippen molar-refractivity contribution in [1.29, 1.82) is 0 Å². The van der Waals surface area contributed by atoms with E-state index in [0.29, 0.717) is 10.6 Å². The Labute approximate surface area is 133 Å². The molecule has 1 amide bonds. The van der Waals surface area contributed by atoms with Gasteiger partial charge in [-0.25, -0.2) is 0 Å². The third-order valence-corrected chi connectivity index (χ3v) is 4.16. The van der Waals surface area contributed by atoms with E-state index in [1.807, 2.05) is 42.7 Å². The Morgan fingerprint density at radius 2 is 2.00 bits per heavy atom. The molecule has 1 atom stereocenters. The zero-order valence-corrected chi connectivity index (χ0v) is 13.1. The normalized spacial score (nSPS) is 12.0. The molecule has 0 saturated carbocycles. The maximum Gasteiger partial charge on any atom is 0.253 e. The van der Waals surface area contributed by atoms with Gasteiger partial charge in [-0.15, -0.1) is 11.8 Å². The van der Waals surface area contributed by atoms with Crippen molar-refractivity contribution in [2.45, 2.75) is 10.9 Å². The highest BCUT2D eigenvalue weighted by Crippen LogP contribution is 2.23. The van der Waals surface area contributed by atoms with Gasteiger partial charge in [0.2, 0.25) is 0 Å². The molecule has 0 bridgehead atoms. The van der Waals surface area contributed by atoms with E-state index in [-0.39, 0.29) is 12.5 Å². The topological polar surface area (TPSA) is 49.3 Å². The number of halogens is 1. The predicted molar refractivity (Wildman–Crippen MR) is 87.0 cm³/mol. The number of rotatable bonds is 5. The summed E-state index contributed by atoms with van der Waals surface area (Å²) in [6.07, 6.45) is 1.94. The fraction of sp³-hybridized carbons (Fsp3) is 0.188. The first-order chi connectivity index (χ1) is 10.2. The third kappa shape index (κ3) is 4.00. The summed E-state index contributed by atoms with van der Waals surface area (Å²) >= 11 is 7.63. The number of benzene rings is 2. The number of aliphatic hydroxyl groups excluding tert-OH is 1. The van der Waals surface area contributed by atoms with E-state index in [1.165, 1.54) is 0 Å². The number of aliphatic hydroxyl groups is 1. The molecular weight excluding hydrogens is 306 g/mol. The molecule has 0 aliphatic heterocycles. The van der Waals surface area contributed by atoms with Crippen molar-refractivity contribution >= 4 is 29.3 Å². The Kier molecular flexibility index (Phi) is 5.67. The van der Waals surface area contributed by atoms with Crippen LogP contribution in [0, 0.1) is 0 Å². The van der Waals surface area contributed by atoms with Crippen LogP contribution in [0.15, 0.2) is 53.4 Å². The maximum atomic E-state index is 12.4. The molecule has 0 aliphatic rings. The van der Waals surface area contributed by atoms with Crippen LogP contribution in [-0.2, 0) is 0 Å². The summed E-state index contributed by atoms with van der Waals surface area (Å²) in [7, 11) is 0. The minimum absolute atomic E-state index is 0.171. The van der Waals surface area contributed by atoms with Crippen molar-refractivity contribution in [2.75, 3.05) is 12.9 Å². The number of hydrogen-bond acceptors (Lipinski definition) is 3. The smallest absolute Gasteiger partial charge is 0.253 e. The summed E-state index contributed by atoms with van der Waals surface area (Å²) in [6.45, 7) is -0.171. The highest BCUT2D eigenvalue weighted by Gasteiger charge is 2.17. The van der Waals surface area contributed by atoms with Crippen LogP contribution in [0.5, 0.6) is 0 Å². The number of amides is 1. The number of thioether (sulfide) groups is 1. The molecule has 0 fully saturated rings. The van der Waals surface area contributed by atoms with Gasteiger partial charge in [0.15, 0.2) is 0 Å². The molecule has 0 saturated heterocycles. The molecule has 2 aromatic rings. The van der Waals surface area contributed by atoms with E-state index in [0.717, 1.165) is 10.5 Å². The van der Waals surface area contributed by atoms with Crippen LogP contribution in [0.3, 0.4) is 0 Å². The molecule has 110 valence electrons. The molecule has 0 spiro atoms. The second-order valence-electron chi connectivity index (χ2n) is 4.47. The zero-order chi connectivity index (χ0) is 15.2. The number of nitrogens with one attached hydrogen (secondary N) is 1. The van der Waals surface area contributed by atoms with Gasteiger partial charge in [0.1, 0.15) is 0 Å². The second-order valence-corrected chi connectivity index (χ2v) is 5.75. The quantitative estimate of drug-likeness (QED) is 0.828. The first-order valence-corrected chi connectivity index (χ1v) is 8.06. The van der Waals surface area contributed by atoms with Crippen LogP contribution in [0.1, 0.15) is 22.0 Å². The van der Waals surface area contributed by atoms with Crippen LogP contribution in [0.25, 0.3) is 0 Å². The highest BCUT2D eigenvalue weighted by atomic mass is 35.5. The van der Waals surface area contributed by atoms with E-state index in [4.69, 9.17) is 11.6 Å². The van der Waals surface area contributed by atoms with Crippen molar-refractivity contribution < 1.29 is 9.90 Å². The largest absolute Gasteiger partial charge is 0.394 e. The molecule has 0 heterocycles. The van der Waals surface area contributed by atoms with Gasteiger partial charge >= 0.3 is 0 Å². The first kappa shape index (κ1) is 15.9. The molecule has 5 heteroatoms. The van der Waals surface area contributed by atoms with Crippen LogP contribution < -0.4 is 5.32 Å². The minimum atomic E-state index is -0.451. The highest BCUT2D eigenvalue weighted by molar-refractivity contribution is 7.98. The summed E-state index contributed by atoms with van der Waals surface area (Å²) < 4.78 is 0. The van der Waals surface area contributed by atoms with E-state index < -0.39 is 6.04 Å². The number of carbonyl (C=O) groups excluding carboxylic acids is 1. The van der Waals surface area contributed by atoms with Gasteiger partial charge in [0.25, 0.3) is 5.91 Å². The van der Waals surface area contributed by atoms with Crippen molar-refractivity contribution in [2.24, 2.45) is 0 Å². The summed E-state index contributed by atoms with van der Waals surface area (Å²) in [5, 5.41) is 12.7. The lowest BCUT2D eigenvalue weighted by atomic mass is 10.1. The molecule has 2 N–H and O–H groups in total. The summed E-state index contributed by atoms with van der Waals surface area (Å²) in [5.41, 5.74) is 1.27. The van der Waals surface area contributed by atoms with Gasteiger partial charge in [-0.05, 0) is 30.0 Å². The molecule has 0 unspecified atom stereocenters. The van der Waals surface area contributed by atoms with Crippen molar-refractivity contribution in [3.63, 3.8) is 0 Å². The number of hydrogen-bond donors (Lipinski definition) is 2. The van der Waals surface area contributed by atoms with E-state index in [1.54, 1.807) is 23.9 Å². The third-order valence-electron chi connectivity index (χ3n) is 3.11. The minimum Gasteiger partial charge on any atom is -0.394 e. The molecule has 2 aromatic carbocycles. The molecule has 0 radical (unpaired) electrons. The summed E-state index contributed by atoms with van der Waals surface area (Å²) in [6, 6.07) is 14.2. The van der Waals surface area contributed by atoms with Gasteiger partial charge in [-0.3, -0.25) is 4.79 Å². The average Bonchev–Trinajstić information content (AvgIpc) is 2.53. The lowest BCUT2D eigenvalue weighted by Gasteiger charge is -2.17. The molecule has 2 rings (SSSR count). The van der Waals surface area contributed by atoms with Crippen molar-refractivity contribution in [1.82, 2.24) is 5.32 Å².